The topological polar surface area (TPSA) is 0 Å². The monoisotopic (exact) mass is 216 g/mol. The summed E-state index contributed by atoms with van der Waals surface area (Å²) in [5.74, 6) is 0. The molecule has 0 nitrogen and oxygen atoms in total. The fourth-order valence-electron chi connectivity index (χ4n) is 0. The van der Waals surface area contributed by atoms with Gasteiger partial charge < -0.3 is 0 Å². The second-order valence-corrected chi connectivity index (χ2v) is 0.575. The lowest BCUT2D eigenvalue weighted by atomic mass is 18.8. The fraction of sp³-hybridized carbons (Fsp3) is 0. The van der Waals surface area contributed by atoms with Crippen LogP contribution in [-0.2, 0) is 0 Å². The molecule has 0 aromatic heterocycles. The van der Waals surface area contributed by atoms with Gasteiger partial charge in [0.05, 0.1) is 0 Å². The summed E-state index contributed by atoms with van der Waals surface area (Å²) in [5.41, 5.74) is 0. The molecule has 0 aromatic carbocycles. The number of rotatable bonds is 0. The quantitative estimate of drug-likeness (QED) is 0.431. The highest BCUT2D eigenvalue weighted by Crippen LogP contribution is 2.39. The van der Waals surface area contributed by atoms with Crippen LogP contribution in [0, 0.1) is 0 Å². The zero-order chi connectivity index (χ0) is 3.58. The Labute approximate surface area is 45.9 Å². The van der Waals surface area contributed by atoms with E-state index in [0.29, 0.717) is 0 Å². The summed E-state index contributed by atoms with van der Waals surface area (Å²) < 4.78 is 29.2. The van der Waals surface area contributed by atoms with E-state index in [4.69, 9.17) is 0 Å². The van der Waals surface area contributed by atoms with Crippen molar-refractivity contribution in [1.82, 2.24) is 0 Å². The Morgan fingerprint density at radius 1 is 1.00 bits per heavy atom. The van der Waals surface area contributed by atoms with Crippen LogP contribution in [0.4, 0.5) is 12.6 Å². The van der Waals surface area contributed by atoms with Gasteiger partial charge >= 0.3 is 8.85 Å². The van der Waals surface area contributed by atoms with Crippen LogP contribution in [0.1, 0.15) is 0 Å². The van der Waals surface area contributed by atoms with E-state index in [1.54, 1.807) is 0 Å². The first kappa shape index (κ1) is 9.34. The Morgan fingerprint density at radius 3 is 1.00 bits per heavy atom. The molecule has 5 heteroatoms. The molecule has 0 aliphatic heterocycles. The van der Waals surface area contributed by atoms with Crippen molar-refractivity contribution < 1.29 is 12.6 Å². The Morgan fingerprint density at radius 2 is 1.00 bits per heavy atom. The van der Waals surface area contributed by atoms with Crippen LogP contribution in [0.15, 0.2) is 0 Å². The number of halogens is 4. The van der Waals surface area contributed by atoms with E-state index in [1.165, 1.54) is 0 Å². The van der Waals surface area contributed by atoms with Crippen molar-refractivity contribution >= 4 is 32.8 Å². The standard InChI is InChI=1S/F3P.HI/c1-4(2)3;/h;1H. The molecule has 0 fully saturated rings. The Hall–Kier alpha value is 0.950. The van der Waals surface area contributed by atoms with E-state index in [0.717, 1.165) is 0 Å². The van der Waals surface area contributed by atoms with E-state index in [9.17, 15) is 12.6 Å². The third kappa shape index (κ3) is 47.7. The van der Waals surface area contributed by atoms with Gasteiger partial charge in [-0.1, -0.05) is 0 Å². The van der Waals surface area contributed by atoms with E-state index in [-0.39, 0.29) is 24.0 Å². The molecule has 0 atom stereocenters. The largest absolute Gasteiger partial charge is 0.456 e. The molecule has 0 bridgehead atoms. The van der Waals surface area contributed by atoms with Gasteiger partial charge in [-0.15, -0.1) is 24.0 Å². The van der Waals surface area contributed by atoms with Crippen LogP contribution in [0.2, 0.25) is 0 Å². The van der Waals surface area contributed by atoms with E-state index < -0.39 is 8.85 Å². The van der Waals surface area contributed by atoms with E-state index >= 15 is 0 Å². The van der Waals surface area contributed by atoms with Crippen LogP contribution in [-0.4, -0.2) is 0 Å². The van der Waals surface area contributed by atoms with Gasteiger partial charge in [0.1, 0.15) is 0 Å². The minimum absolute atomic E-state index is 0. The molecular weight excluding hydrogens is 215 g/mol. The van der Waals surface area contributed by atoms with Crippen LogP contribution >= 0.6 is 32.8 Å². The van der Waals surface area contributed by atoms with Crippen molar-refractivity contribution in [2.45, 2.75) is 0 Å². The minimum Gasteiger partial charge on any atom is -0.152 e. The molecular formula is HF3IP. The molecule has 0 saturated heterocycles. The molecule has 0 aliphatic rings. The Bertz CT molecular complexity index is 11.6. The number of hydrogen-bond acceptors (Lipinski definition) is 0. The highest BCUT2D eigenvalue weighted by molar-refractivity contribution is 14.0. The SMILES string of the molecule is FP(F)F.I. The van der Waals surface area contributed by atoms with Gasteiger partial charge in [0.2, 0.25) is 0 Å². The maximum absolute atomic E-state index is 9.73. The summed E-state index contributed by atoms with van der Waals surface area (Å²) in [5, 5.41) is 0. The van der Waals surface area contributed by atoms with Gasteiger partial charge in [0.15, 0.2) is 0 Å². The van der Waals surface area contributed by atoms with Gasteiger partial charge in [-0.25, -0.2) is 0 Å². The Balaban J connectivity index is 0. The molecule has 0 heterocycles. The average Bonchev–Trinajstić information content (AvgIpc) is 0.811. The summed E-state index contributed by atoms with van der Waals surface area (Å²) in [6, 6.07) is 0. The third-order valence-electron chi connectivity index (χ3n) is 0. The first-order chi connectivity index (χ1) is 1.73. The maximum Gasteiger partial charge on any atom is 0.456 e. The van der Waals surface area contributed by atoms with Crippen molar-refractivity contribution in [1.29, 1.82) is 0 Å². The predicted molar refractivity (Wildman–Crippen MR) is 25.7 cm³/mol. The summed E-state index contributed by atoms with van der Waals surface area (Å²) in [7, 11) is -4.12. The minimum atomic E-state index is -4.12. The molecule has 0 spiro atoms. The normalized spacial score (nSPS) is 7.20. The molecule has 0 saturated carbocycles. The molecule has 0 N–H and O–H groups in total. The van der Waals surface area contributed by atoms with Gasteiger partial charge in [0, 0.05) is 0 Å². The van der Waals surface area contributed by atoms with E-state index in [2.05, 4.69) is 0 Å². The van der Waals surface area contributed by atoms with Crippen molar-refractivity contribution in [3.8, 4) is 0 Å². The third-order valence-corrected chi connectivity index (χ3v) is 0. The summed E-state index contributed by atoms with van der Waals surface area (Å²) in [6.07, 6.45) is 0. The molecule has 0 aliphatic carbocycles. The van der Waals surface area contributed by atoms with Gasteiger partial charge in [0.25, 0.3) is 0 Å². The zero-order valence-corrected chi connectivity index (χ0v) is 5.21. The van der Waals surface area contributed by atoms with Gasteiger partial charge in [-0.2, -0.15) is 12.6 Å². The summed E-state index contributed by atoms with van der Waals surface area (Å²) in [6.45, 7) is 0. The molecule has 0 unspecified atom stereocenters. The summed E-state index contributed by atoms with van der Waals surface area (Å²) >= 11 is 0. The second kappa shape index (κ2) is 4.95. The zero-order valence-electron chi connectivity index (χ0n) is 1.99. The maximum atomic E-state index is 9.73. The van der Waals surface area contributed by atoms with Crippen LogP contribution in [0.5, 0.6) is 0 Å². The molecule has 34 valence electrons. The Kier molecular flexibility index (Phi) is 9.25. The highest BCUT2D eigenvalue weighted by atomic mass is 127. The average molecular weight is 216 g/mol. The van der Waals surface area contributed by atoms with Crippen LogP contribution in [0.3, 0.4) is 0 Å². The van der Waals surface area contributed by atoms with Crippen molar-refractivity contribution in [2.75, 3.05) is 0 Å². The second-order valence-electron chi connectivity index (χ2n) is 0.192. The molecule has 0 rings (SSSR count). The van der Waals surface area contributed by atoms with Crippen molar-refractivity contribution in [3.63, 3.8) is 0 Å². The van der Waals surface area contributed by atoms with Crippen LogP contribution in [0.25, 0.3) is 0 Å². The van der Waals surface area contributed by atoms with Crippen molar-refractivity contribution in [3.05, 3.63) is 0 Å². The molecule has 0 radical (unpaired) electrons. The smallest absolute Gasteiger partial charge is 0.152 e. The summed E-state index contributed by atoms with van der Waals surface area (Å²) in [4.78, 5) is 0. The van der Waals surface area contributed by atoms with Crippen LogP contribution < -0.4 is 0 Å². The lowest BCUT2D eigenvalue weighted by molar-refractivity contribution is 0.633. The highest BCUT2D eigenvalue weighted by Gasteiger charge is 1.91. The molecule has 5 heavy (non-hydrogen) atoms. The fourth-order valence-corrected chi connectivity index (χ4v) is 0. The lowest BCUT2D eigenvalue weighted by Crippen LogP contribution is -1.10. The first-order valence-electron chi connectivity index (χ1n) is 0.507. The van der Waals surface area contributed by atoms with Crippen molar-refractivity contribution in [2.24, 2.45) is 0 Å². The van der Waals surface area contributed by atoms with Gasteiger partial charge in [-0.3, -0.25) is 0 Å². The lowest BCUT2D eigenvalue weighted by Gasteiger charge is -1.61. The first-order valence-corrected chi connectivity index (χ1v) is 1.52. The molecule has 0 amide bonds. The van der Waals surface area contributed by atoms with E-state index in [1.807, 2.05) is 0 Å². The van der Waals surface area contributed by atoms with Gasteiger partial charge in [-0.05, 0) is 0 Å². The number of hydrogen-bond donors (Lipinski definition) is 0. The predicted octanol–water partition coefficient (Wildman–Crippen LogP) is 2.74. The molecule has 0 aromatic rings.